The van der Waals surface area contributed by atoms with E-state index in [-0.39, 0.29) is 24.8 Å². The van der Waals surface area contributed by atoms with Gasteiger partial charge in [0, 0.05) is 48.3 Å². The number of hydrogen-bond acceptors (Lipinski definition) is 2. The van der Waals surface area contributed by atoms with E-state index in [0.717, 1.165) is 26.2 Å². The van der Waals surface area contributed by atoms with Crippen LogP contribution in [0.1, 0.15) is 17.3 Å². The molecule has 1 aromatic carbocycles. The van der Waals surface area contributed by atoms with Gasteiger partial charge in [0.05, 0.1) is 6.04 Å². The van der Waals surface area contributed by atoms with Gasteiger partial charge >= 0.3 is 0 Å². The van der Waals surface area contributed by atoms with Gasteiger partial charge in [0.2, 0.25) is 0 Å². The Labute approximate surface area is 138 Å². The van der Waals surface area contributed by atoms with Crippen LogP contribution in [0, 0.1) is 6.92 Å². The fourth-order valence-electron chi connectivity index (χ4n) is 3.09. The molecule has 1 aliphatic rings. The third-order valence-corrected chi connectivity index (χ3v) is 4.01. The predicted molar refractivity (Wildman–Crippen MR) is 94.9 cm³/mol. The number of fused-ring (bicyclic) bond motifs is 1. The molecule has 0 saturated carbocycles. The summed E-state index contributed by atoms with van der Waals surface area (Å²) in [6.45, 7) is 10.5. The number of hydrogen-bond donors (Lipinski definition) is 2. The molecule has 0 spiro atoms. The van der Waals surface area contributed by atoms with Crippen molar-refractivity contribution in [2.24, 2.45) is 0 Å². The number of piperazine rings is 1. The van der Waals surface area contributed by atoms with Crippen molar-refractivity contribution in [3.8, 4) is 0 Å². The normalized spacial score (nSPS) is 16.8. The fraction of sp³-hybridized carbons (Fsp3) is 0.375. The highest BCUT2D eigenvalue weighted by Crippen LogP contribution is 2.32. The molecular weight excluding hydrogens is 305 g/mol. The molecule has 0 aliphatic carbocycles. The van der Waals surface area contributed by atoms with Gasteiger partial charge in [0.25, 0.3) is 0 Å². The first-order valence-corrected chi connectivity index (χ1v) is 6.96. The van der Waals surface area contributed by atoms with Crippen molar-refractivity contribution in [3.63, 3.8) is 0 Å². The predicted octanol–water partition coefficient (Wildman–Crippen LogP) is 3.45. The Bertz CT molecular complexity index is 588. The number of halogens is 2. The smallest absolute Gasteiger partial charge is 0.0553 e. The first kappa shape index (κ1) is 18.1. The van der Waals surface area contributed by atoms with E-state index in [2.05, 4.69) is 59.0 Å². The molecule has 1 saturated heterocycles. The molecule has 5 heteroatoms. The second-order valence-electron chi connectivity index (χ2n) is 5.18. The highest BCUT2D eigenvalue weighted by atomic mass is 35.5. The Morgan fingerprint density at radius 1 is 1.19 bits per heavy atom. The number of H-pyrrole nitrogens is 1. The van der Waals surface area contributed by atoms with E-state index in [1.54, 1.807) is 0 Å². The Hall–Kier alpha value is -1.000. The fourth-order valence-corrected chi connectivity index (χ4v) is 3.09. The molecule has 2 heterocycles. The molecule has 116 valence electrons. The van der Waals surface area contributed by atoms with Crippen LogP contribution in [-0.2, 0) is 0 Å². The van der Waals surface area contributed by atoms with E-state index in [9.17, 15) is 0 Å². The van der Waals surface area contributed by atoms with Gasteiger partial charge in [-0.05, 0) is 13.0 Å². The number of rotatable bonds is 3. The second-order valence-corrected chi connectivity index (χ2v) is 5.18. The van der Waals surface area contributed by atoms with Crippen LogP contribution in [-0.4, -0.2) is 36.1 Å². The molecule has 1 fully saturated rings. The third-order valence-electron chi connectivity index (χ3n) is 4.01. The molecule has 3 nitrogen and oxygen atoms in total. The first-order valence-electron chi connectivity index (χ1n) is 6.96. The van der Waals surface area contributed by atoms with Crippen molar-refractivity contribution in [2.45, 2.75) is 13.0 Å². The maximum atomic E-state index is 4.06. The quantitative estimate of drug-likeness (QED) is 0.846. The van der Waals surface area contributed by atoms with E-state index in [1.165, 1.54) is 22.2 Å². The number of aryl methyl sites for hydroxylation is 1. The second kappa shape index (κ2) is 7.85. The Balaban J connectivity index is 0.00000110. The zero-order valence-electron chi connectivity index (χ0n) is 12.3. The summed E-state index contributed by atoms with van der Waals surface area (Å²) in [4.78, 5) is 6.00. The lowest BCUT2D eigenvalue weighted by Crippen LogP contribution is -2.44. The zero-order valence-corrected chi connectivity index (χ0v) is 13.9. The summed E-state index contributed by atoms with van der Waals surface area (Å²) in [5.74, 6) is 0. The van der Waals surface area contributed by atoms with Gasteiger partial charge in [-0.1, -0.05) is 24.3 Å². The number of aromatic nitrogens is 1. The molecular formula is C16H23Cl2N3. The average molecular weight is 328 g/mol. The first-order chi connectivity index (χ1) is 9.31. The standard InChI is InChI=1S/C16H21N3.2ClH/c1-3-15(19-10-8-17-9-11-19)16-12(2)18-14-7-5-4-6-13(14)16;;/h3-7,15,17-18H,1,8-11H2,2H3;2*1H/t15-;;/m1../s1. The topological polar surface area (TPSA) is 31.1 Å². The molecule has 0 radical (unpaired) electrons. The molecule has 0 bridgehead atoms. The van der Waals surface area contributed by atoms with Crippen LogP contribution < -0.4 is 5.32 Å². The van der Waals surface area contributed by atoms with E-state index >= 15 is 0 Å². The maximum absolute atomic E-state index is 4.06. The van der Waals surface area contributed by atoms with Crippen molar-refractivity contribution in [3.05, 3.63) is 48.2 Å². The summed E-state index contributed by atoms with van der Waals surface area (Å²) in [5, 5.41) is 4.73. The summed E-state index contributed by atoms with van der Waals surface area (Å²) in [7, 11) is 0. The summed E-state index contributed by atoms with van der Waals surface area (Å²) < 4.78 is 0. The Kier molecular flexibility index (Phi) is 6.75. The van der Waals surface area contributed by atoms with Crippen molar-refractivity contribution in [1.29, 1.82) is 0 Å². The minimum Gasteiger partial charge on any atom is -0.358 e. The van der Waals surface area contributed by atoms with Crippen LogP contribution in [0.15, 0.2) is 36.9 Å². The molecule has 0 amide bonds. The van der Waals surface area contributed by atoms with Gasteiger partial charge < -0.3 is 10.3 Å². The summed E-state index contributed by atoms with van der Waals surface area (Å²) >= 11 is 0. The van der Waals surface area contributed by atoms with Gasteiger partial charge in [-0.3, -0.25) is 4.90 Å². The number of aromatic amines is 1. The van der Waals surface area contributed by atoms with Crippen LogP contribution in [0.3, 0.4) is 0 Å². The van der Waals surface area contributed by atoms with Gasteiger partial charge in [-0.2, -0.15) is 0 Å². The lowest BCUT2D eigenvalue weighted by Gasteiger charge is -2.33. The summed E-state index contributed by atoms with van der Waals surface area (Å²) in [6.07, 6.45) is 2.08. The van der Waals surface area contributed by atoms with Crippen LogP contribution in [0.2, 0.25) is 0 Å². The molecule has 0 unspecified atom stereocenters. The van der Waals surface area contributed by atoms with Crippen molar-refractivity contribution < 1.29 is 0 Å². The van der Waals surface area contributed by atoms with Crippen LogP contribution in [0.4, 0.5) is 0 Å². The Morgan fingerprint density at radius 2 is 1.86 bits per heavy atom. The third kappa shape index (κ3) is 3.43. The lowest BCUT2D eigenvalue weighted by atomic mass is 10.0. The molecule has 2 N–H and O–H groups in total. The molecule has 1 aromatic heterocycles. The number of nitrogens with zero attached hydrogens (tertiary/aromatic N) is 1. The highest BCUT2D eigenvalue weighted by Gasteiger charge is 2.23. The molecule has 3 rings (SSSR count). The SMILES string of the molecule is C=C[C@H](c1c(C)[nH]c2ccccc12)N1CCNCC1.Cl.Cl. The monoisotopic (exact) mass is 327 g/mol. The van der Waals surface area contributed by atoms with E-state index in [0.29, 0.717) is 6.04 Å². The van der Waals surface area contributed by atoms with Crippen LogP contribution in [0.25, 0.3) is 10.9 Å². The van der Waals surface area contributed by atoms with E-state index in [1.807, 2.05) is 0 Å². The van der Waals surface area contributed by atoms with E-state index in [4.69, 9.17) is 0 Å². The molecule has 1 aliphatic heterocycles. The number of benzene rings is 1. The van der Waals surface area contributed by atoms with E-state index < -0.39 is 0 Å². The number of para-hydroxylation sites is 1. The average Bonchev–Trinajstić information content (AvgIpc) is 2.78. The Morgan fingerprint density at radius 3 is 2.52 bits per heavy atom. The maximum Gasteiger partial charge on any atom is 0.0553 e. The lowest BCUT2D eigenvalue weighted by molar-refractivity contribution is 0.204. The zero-order chi connectivity index (χ0) is 13.2. The summed E-state index contributed by atoms with van der Waals surface area (Å²) in [6, 6.07) is 8.84. The van der Waals surface area contributed by atoms with Gasteiger partial charge in [0.1, 0.15) is 0 Å². The van der Waals surface area contributed by atoms with Crippen molar-refractivity contribution >= 4 is 35.7 Å². The molecule has 1 atom stereocenters. The summed E-state index contributed by atoms with van der Waals surface area (Å²) in [5.41, 5.74) is 3.86. The van der Waals surface area contributed by atoms with Gasteiger partial charge in [0.15, 0.2) is 0 Å². The van der Waals surface area contributed by atoms with Gasteiger partial charge in [-0.25, -0.2) is 0 Å². The highest BCUT2D eigenvalue weighted by molar-refractivity contribution is 5.86. The molecule has 21 heavy (non-hydrogen) atoms. The molecule has 2 aromatic rings. The van der Waals surface area contributed by atoms with Crippen molar-refractivity contribution in [1.82, 2.24) is 15.2 Å². The van der Waals surface area contributed by atoms with Crippen LogP contribution >= 0.6 is 24.8 Å². The van der Waals surface area contributed by atoms with Crippen molar-refractivity contribution in [2.75, 3.05) is 26.2 Å². The van der Waals surface area contributed by atoms with Crippen LogP contribution in [0.5, 0.6) is 0 Å². The van der Waals surface area contributed by atoms with Gasteiger partial charge in [-0.15, -0.1) is 31.4 Å². The largest absolute Gasteiger partial charge is 0.358 e. The minimum atomic E-state index is 0. The number of nitrogens with one attached hydrogen (secondary N) is 2. The minimum absolute atomic E-state index is 0.